The van der Waals surface area contributed by atoms with E-state index in [0.29, 0.717) is 6.04 Å². The van der Waals surface area contributed by atoms with Crippen molar-refractivity contribution in [3.8, 4) is 0 Å². The van der Waals surface area contributed by atoms with Crippen molar-refractivity contribution in [2.24, 2.45) is 5.41 Å². The maximum absolute atomic E-state index is 4.33. The minimum absolute atomic E-state index is 0. The second kappa shape index (κ2) is 4.04. The SMILES string of the molecule is CC(C)(C)[C@@H]1C=CC=C[N-]1.[Li+]. The van der Waals surface area contributed by atoms with Crippen molar-refractivity contribution in [2.45, 2.75) is 26.8 Å². The third kappa shape index (κ3) is 3.18. The van der Waals surface area contributed by atoms with E-state index in [1.807, 2.05) is 12.3 Å². The van der Waals surface area contributed by atoms with Crippen LogP contribution in [0, 0.1) is 5.41 Å². The first-order chi connectivity index (χ1) is 4.61. The number of hydrogen-bond donors (Lipinski definition) is 0. The van der Waals surface area contributed by atoms with E-state index in [-0.39, 0.29) is 24.3 Å². The summed E-state index contributed by atoms with van der Waals surface area (Å²) < 4.78 is 0. The summed E-state index contributed by atoms with van der Waals surface area (Å²) in [4.78, 5) is 0. The Labute approximate surface area is 81.1 Å². The van der Waals surface area contributed by atoms with Crippen LogP contribution in [-0.4, -0.2) is 6.04 Å². The van der Waals surface area contributed by atoms with Crippen molar-refractivity contribution >= 4 is 0 Å². The molecule has 1 atom stereocenters. The van der Waals surface area contributed by atoms with Gasteiger partial charge in [0, 0.05) is 0 Å². The van der Waals surface area contributed by atoms with Crippen LogP contribution in [0.15, 0.2) is 24.4 Å². The normalized spacial score (nSPS) is 22.3. The average Bonchev–Trinajstić information content (AvgIpc) is 1.88. The Morgan fingerprint density at radius 3 is 2.09 bits per heavy atom. The van der Waals surface area contributed by atoms with Gasteiger partial charge in [0.15, 0.2) is 0 Å². The quantitative estimate of drug-likeness (QED) is 0.419. The molecule has 11 heavy (non-hydrogen) atoms. The zero-order valence-electron chi connectivity index (χ0n) is 7.83. The monoisotopic (exact) mass is 143 g/mol. The Morgan fingerprint density at radius 2 is 1.82 bits per heavy atom. The first kappa shape index (κ1) is 10.9. The van der Waals surface area contributed by atoms with E-state index in [0.717, 1.165) is 0 Å². The maximum Gasteiger partial charge on any atom is 1.00 e. The predicted octanol–water partition coefficient (Wildman–Crippen LogP) is -0.138. The summed E-state index contributed by atoms with van der Waals surface area (Å²) in [6, 6.07) is 0.359. The van der Waals surface area contributed by atoms with E-state index in [4.69, 9.17) is 0 Å². The van der Waals surface area contributed by atoms with Crippen LogP contribution in [-0.2, 0) is 0 Å². The number of allylic oxidation sites excluding steroid dienone is 2. The molecule has 1 rings (SSSR count). The number of hydrogen-bond acceptors (Lipinski definition) is 0. The van der Waals surface area contributed by atoms with Gasteiger partial charge in [0.1, 0.15) is 0 Å². The topological polar surface area (TPSA) is 14.1 Å². The molecule has 0 saturated carbocycles. The zero-order valence-corrected chi connectivity index (χ0v) is 7.83. The molecule has 0 unspecified atom stereocenters. The van der Waals surface area contributed by atoms with Crippen LogP contribution in [0.5, 0.6) is 0 Å². The molecule has 0 bridgehead atoms. The van der Waals surface area contributed by atoms with Crippen molar-refractivity contribution < 1.29 is 18.9 Å². The molecule has 0 spiro atoms. The van der Waals surface area contributed by atoms with E-state index < -0.39 is 0 Å². The van der Waals surface area contributed by atoms with Crippen molar-refractivity contribution in [3.63, 3.8) is 0 Å². The molecule has 0 aliphatic carbocycles. The fourth-order valence-corrected chi connectivity index (χ4v) is 0.923. The third-order valence-electron chi connectivity index (χ3n) is 1.62. The molecule has 0 aromatic carbocycles. The van der Waals surface area contributed by atoms with E-state index in [1.165, 1.54) is 0 Å². The molecular weight excluding hydrogens is 129 g/mol. The minimum atomic E-state index is 0. The molecule has 0 radical (unpaired) electrons. The van der Waals surface area contributed by atoms with Gasteiger partial charge in [-0.05, 0) is 5.41 Å². The first-order valence-electron chi connectivity index (χ1n) is 3.64. The van der Waals surface area contributed by atoms with Gasteiger partial charge in [0.2, 0.25) is 0 Å². The maximum atomic E-state index is 4.33. The Kier molecular flexibility index (Phi) is 4.00. The number of rotatable bonds is 0. The zero-order chi connectivity index (χ0) is 7.61. The van der Waals surface area contributed by atoms with Gasteiger partial charge in [-0.1, -0.05) is 45.0 Å². The molecule has 1 heterocycles. The molecule has 0 fully saturated rings. The van der Waals surface area contributed by atoms with E-state index >= 15 is 0 Å². The van der Waals surface area contributed by atoms with Crippen LogP contribution in [0.3, 0.4) is 0 Å². The van der Waals surface area contributed by atoms with Gasteiger partial charge in [-0.2, -0.15) is 6.20 Å². The Morgan fingerprint density at radius 1 is 1.18 bits per heavy atom. The summed E-state index contributed by atoms with van der Waals surface area (Å²) in [5.41, 5.74) is 0.265. The molecule has 2 heteroatoms. The second-order valence-electron chi connectivity index (χ2n) is 3.69. The molecule has 0 aromatic rings. The molecule has 0 saturated heterocycles. The third-order valence-corrected chi connectivity index (χ3v) is 1.62. The summed E-state index contributed by atoms with van der Waals surface area (Å²) in [6.45, 7) is 6.60. The van der Waals surface area contributed by atoms with Crippen molar-refractivity contribution in [3.05, 3.63) is 29.7 Å². The molecule has 1 aliphatic rings. The Bertz CT molecular complexity index is 165. The fourth-order valence-electron chi connectivity index (χ4n) is 0.923. The van der Waals surface area contributed by atoms with Crippen LogP contribution < -0.4 is 18.9 Å². The molecule has 0 N–H and O–H groups in total. The van der Waals surface area contributed by atoms with Crippen LogP contribution in [0.4, 0.5) is 0 Å². The standard InChI is InChI=1S/C9H14N.Li/c1-9(2,3)8-6-4-5-7-10-8;/h4-8H,1-3H3;/q-1;+1/t8-;/m0./s1. The van der Waals surface area contributed by atoms with Gasteiger partial charge in [-0.3, -0.25) is 0 Å². The Balaban J connectivity index is 0.000001000. The first-order valence-corrected chi connectivity index (χ1v) is 3.64. The van der Waals surface area contributed by atoms with Crippen LogP contribution in [0.2, 0.25) is 0 Å². The summed E-state index contributed by atoms with van der Waals surface area (Å²) in [5.74, 6) is 0. The largest absolute Gasteiger partial charge is 1.00 e. The van der Waals surface area contributed by atoms with Gasteiger partial charge in [0.05, 0.1) is 0 Å². The van der Waals surface area contributed by atoms with Gasteiger partial charge in [-0.15, -0.1) is 0 Å². The van der Waals surface area contributed by atoms with E-state index in [9.17, 15) is 0 Å². The van der Waals surface area contributed by atoms with Crippen LogP contribution in [0.25, 0.3) is 5.32 Å². The van der Waals surface area contributed by atoms with Crippen molar-refractivity contribution in [1.82, 2.24) is 0 Å². The Hall–Kier alpha value is -0.123. The van der Waals surface area contributed by atoms with Gasteiger partial charge >= 0.3 is 18.9 Å². The fraction of sp³-hybridized carbons (Fsp3) is 0.556. The van der Waals surface area contributed by atoms with Crippen LogP contribution in [0.1, 0.15) is 20.8 Å². The number of nitrogens with zero attached hydrogens (tertiary/aromatic N) is 1. The molecule has 1 aliphatic heterocycles. The second-order valence-corrected chi connectivity index (χ2v) is 3.69. The molecule has 1 nitrogen and oxygen atoms in total. The summed E-state index contributed by atoms with van der Waals surface area (Å²) in [7, 11) is 0. The van der Waals surface area contributed by atoms with E-state index in [1.54, 1.807) is 0 Å². The summed E-state index contributed by atoms with van der Waals surface area (Å²) in [6.07, 6.45) is 8.03. The van der Waals surface area contributed by atoms with Crippen molar-refractivity contribution in [2.75, 3.05) is 0 Å². The average molecular weight is 143 g/mol. The molecule has 0 aromatic heterocycles. The smallest absolute Gasteiger partial charge is 0.684 e. The molecule has 0 amide bonds. The van der Waals surface area contributed by atoms with Gasteiger partial charge in [-0.25, -0.2) is 0 Å². The molecule has 56 valence electrons. The van der Waals surface area contributed by atoms with Gasteiger partial charge in [0.25, 0.3) is 0 Å². The summed E-state index contributed by atoms with van der Waals surface area (Å²) in [5, 5.41) is 4.33. The van der Waals surface area contributed by atoms with Crippen LogP contribution >= 0.6 is 0 Å². The molecular formula is C9H14LiN. The summed E-state index contributed by atoms with van der Waals surface area (Å²) >= 11 is 0. The predicted molar refractivity (Wildman–Crippen MR) is 44.9 cm³/mol. The van der Waals surface area contributed by atoms with Crippen molar-refractivity contribution in [1.29, 1.82) is 0 Å². The minimum Gasteiger partial charge on any atom is -0.684 e. The van der Waals surface area contributed by atoms with Gasteiger partial charge < -0.3 is 5.32 Å². The van der Waals surface area contributed by atoms with E-state index in [2.05, 4.69) is 38.2 Å².